The lowest BCUT2D eigenvalue weighted by molar-refractivity contribution is -0.129. The van der Waals surface area contributed by atoms with Crippen molar-refractivity contribution in [3.63, 3.8) is 0 Å². The van der Waals surface area contributed by atoms with Crippen LogP contribution in [0.4, 0.5) is 0 Å². The second kappa shape index (κ2) is 7.94. The van der Waals surface area contributed by atoms with Crippen LogP contribution < -0.4 is 11.2 Å². The van der Waals surface area contributed by atoms with E-state index >= 15 is 0 Å². The zero-order valence-corrected chi connectivity index (χ0v) is 18.7. The fraction of sp³-hybridized carbons (Fsp3) is 0.667. The first-order valence-electron chi connectivity index (χ1n) is 10.7. The van der Waals surface area contributed by atoms with Gasteiger partial charge in [-0.15, -0.1) is 0 Å². The number of Topliss-reactive ketones (excluding diaryl/α,β-unsaturated/α-hetero) is 1. The van der Waals surface area contributed by atoms with Crippen molar-refractivity contribution in [3.8, 4) is 0 Å². The molecule has 3 rings (SSSR count). The summed E-state index contributed by atoms with van der Waals surface area (Å²) in [5.74, 6) is -0.863. The molecule has 0 N–H and O–H groups in total. The minimum atomic E-state index is -1.19. The van der Waals surface area contributed by atoms with Crippen LogP contribution in [0.15, 0.2) is 9.59 Å². The van der Waals surface area contributed by atoms with Gasteiger partial charge in [0.1, 0.15) is 11.2 Å². The van der Waals surface area contributed by atoms with Gasteiger partial charge in [-0.25, -0.2) is 9.78 Å². The molecule has 0 aliphatic carbocycles. The Hall–Kier alpha value is -2.55. The molecular weight excluding hydrogens is 386 g/mol. The van der Waals surface area contributed by atoms with Crippen molar-refractivity contribution >= 4 is 22.9 Å². The van der Waals surface area contributed by atoms with E-state index in [0.29, 0.717) is 25.8 Å². The molecule has 9 heteroatoms. The van der Waals surface area contributed by atoms with Gasteiger partial charge < -0.3 is 4.90 Å². The molecule has 3 heterocycles. The largest absolute Gasteiger partial charge is 0.332 e. The fourth-order valence-corrected chi connectivity index (χ4v) is 4.63. The number of aromatic nitrogens is 4. The highest BCUT2D eigenvalue weighted by atomic mass is 16.2. The number of aryl methyl sites for hydroxylation is 1. The van der Waals surface area contributed by atoms with Crippen molar-refractivity contribution in [1.82, 2.24) is 23.6 Å². The van der Waals surface area contributed by atoms with E-state index in [1.807, 2.05) is 13.8 Å². The van der Waals surface area contributed by atoms with Gasteiger partial charge in [0.25, 0.3) is 5.56 Å². The van der Waals surface area contributed by atoms with Crippen molar-refractivity contribution in [2.24, 2.45) is 19.5 Å². The predicted octanol–water partition coefficient (Wildman–Crippen LogP) is 1.28. The average Bonchev–Trinajstić information content (AvgIpc) is 3.15. The molecule has 164 valence electrons. The average molecular weight is 418 g/mol. The van der Waals surface area contributed by atoms with Crippen LogP contribution in [-0.2, 0) is 18.9 Å². The first-order chi connectivity index (χ1) is 14.2. The van der Waals surface area contributed by atoms with E-state index < -0.39 is 28.5 Å². The monoisotopic (exact) mass is 417 g/mol. The number of hydrogen-bond acceptors (Lipinski definition) is 6. The van der Waals surface area contributed by atoms with Gasteiger partial charge in [-0.1, -0.05) is 27.7 Å². The van der Waals surface area contributed by atoms with Gasteiger partial charge in [0.05, 0.1) is 5.92 Å². The lowest BCUT2D eigenvalue weighted by Crippen LogP contribution is -2.50. The van der Waals surface area contributed by atoms with E-state index in [1.165, 1.54) is 23.2 Å². The molecule has 2 aromatic rings. The molecular formula is C21H31N5O4. The van der Waals surface area contributed by atoms with E-state index in [4.69, 9.17) is 0 Å². The van der Waals surface area contributed by atoms with E-state index in [1.54, 1.807) is 0 Å². The zero-order valence-electron chi connectivity index (χ0n) is 18.7. The maximum absolute atomic E-state index is 13.6. The SMILES string of the molecule is CCN(CC)CCC1C(=O)C(CC)(CC)C(=O)n2c1nc1c2c(=O)n(C)c(=O)n1C. The Morgan fingerprint density at radius 1 is 0.967 bits per heavy atom. The minimum Gasteiger partial charge on any atom is -0.304 e. The second-order valence-corrected chi connectivity index (χ2v) is 8.01. The number of hydrogen-bond donors (Lipinski definition) is 0. The summed E-state index contributed by atoms with van der Waals surface area (Å²) in [6.45, 7) is 10.2. The highest BCUT2D eigenvalue weighted by Gasteiger charge is 2.53. The summed E-state index contributed by atoms with van der Waals surface area (Å²) >= 11 is 0. The maximum Gasteiger partial charge on any atom is 0.332 e. The highest BCUT2D eigenvalue weighted by Crippen LogP contribution is 2.42. The van der Waals surface area contributed by atoms with E-state index in [2.05, 4.69) is 23.7 Å². The smallest absolute Gasteiger partial charge is 0.304 e. The van der Waals surface area contributed by atoms with Crippen molar-refractivity contribution < 1.29 is 9.59 Å². The van der Waals surface area contributed by atoms with Gasteiger partial charge in [0, 0.05) is 14.1 Å². The van der Waals surface area contributed by atoms with Gasteiger partial charge in [-0.05, 0) is 38.9 Å². The first kappa shape index (κ1) is 22.1. The molecule has 9 nitrogen and oxygen atoms in total. The Labute approximate surface area is 175 Å². The summed E-state index contributed by atoms with van der Waals surface area (Å²) in [6, 6.07) is 0. The maximum atomic E-state index is 13.6. The molecule has 30 heavy (non-hydrogen) atoms. The molecule has 0 amide bonds. The quantitative estimate of drug-likeness (QED) is 0.629. The predicted molar refractivity (Wildman–Crippen MR) is 114 cm³/mol. The molecule has 0 radical (unpaired) electrons. The Balaban J connectivity index is 2.33. The number of fused-ring (bicyclic) bond motifs is 3. The summed E-state index contributed by atoms with van der Waals surface area (Å²) in [5, 5.41) is 0. The van der Waals surface area contributed by atoms with Crippen LogP contribution in [-0.4, -0.2) is 54.9 Å². The Morgan fingerprint density at radius 2 is 1.57 bits per heavy atom. The summed E-state index contributed by atoms with van der Waals surface area (Å²) < 4.78 is 3.57. The van der Waals surface area contributed by atoms with Crippen molar-refractivity contribution in [2.75, 3.05) is 19.6 Å². The van der Waals surface area contributed by atoms with Gasteiger partial charge in [-0.3, -0.25) is 28.1 Å². The van der Waals surface area contributed by atoms with Gasteiger partial charge >= 0.3 is 5.69 Å². The molecule has 0 fully saturated rings. The molecule has 1 unspecified atom stereocenters. The van der Waals surface area contributed by atoms with Crippen LogP contribution in [0.2, 0.25) is 0 Å². The fourth-order valence-electron chi connectivity index (χ4n) is 4.63. The molecule has 0 bridgehead atoms. The number of ketones is 1. The Bertz CT molecular complexity index is 1120. The second-order valence-electron chi connectivity index (χ2n) is 8.01. The Kier molecular flexibility index (Phi) is 5.86. The molecule has 0 saturated carbocycles. The topological polar surface area (TPSA) is 99.2 Å². The van der Waals surface area contributed by atoms with Gasteiger partial charge in [-0.2, -0.15) is 0 Å². The van der Waals surface area contributed by atoms with Crippen molar-refractivity contribution in [2.45, 2.75) is 52.9 Å². The summed E-state index contributed by atoms with van der Waals surface area (Å²) in [4.78, 5) is 59.3. The number of rotatable bonds is 7. The molecule has 0 spiro atoms. The third-order valence-corrected chi connectivity index (χ3v) is 6.83. The summed E-state index contributed by atoms with van der Waals surface area (Å²) in [7, 11) is 2.90. The highest BCUT2D eigenvalue weighted by molar-refractivity contribution is 6.14. The first-order valence-corrected chi connectivity index (χ1v) is 10.7. The van der Waals surface area contributed by atoms with Crippen LogP contribution in [0.25, 0.3) is 11.2 Å². The third kappa shape index (κ3) is 2.90. The van der Waals surface area contributed by atoms with Crippen LogP contribution in [0, 0.1) is 5.41 Å². The van der Waals surface area contributed by atoms with Gasteiger partial charge in [0.2, 0.25) is 5.91 Å². The molecule has 0 saturated heterocycles. The van der Waals surface area contributed by atoms with Gasteiger partial charge in [0.15, 0.2) is 16.9 Å². The number of nitrogens with zero attached hydrogens (tertiary/aromatic N) is 5. The molecule has 1 aliphatic heterocycles. The third-order valence-electron chi connectivity index (χ3n) is 6.83. The van der Waals surface area contributed by atoms with Crippen molar-refractivity contribution in [3.05, 3.63) is 26.7 Å². The minimum absolute atomic E-state index is 0.0752. The lowest BCUT2D eigenvalue weighted by Gasteiger charge is -2.37. The van der Waals surface area contributed by atoms with E-state index in [9.17, 15) is 19.2 Å². The molecule has 0 aromatic carbocycles. The van der Waals surface area contributed by atoms with Crippen LogP contribution in [0.3, 0.4) is 0 Å². The normalized spacial score (nSPS) is 18.4. The summed E-state index contributed by atoms with van der Waals surface area (Å²) in [6.07, 6.45) is 1.22. The number of imidazole rings is 1. The van der Waals surface area contributed by atoms with Crippen LogP contribution in [0.5, 0.6) is 0 Å². The number of carbonyl (C=O) groups is 2. The zero-order chi connectivity index (χ0) is 22.4. The van der Waals surface area contributed by atoms with Crippen LogP contribution in [0.1, 0.15) is 63.5 Å². The summed E-state index contributed by atoms with van der Waals surface area (Å²) in [5.41, 5.74) is -2.05. The molecule has 1 atom stereocenters. The molecule has 2 aromatic heterocycles. The van der Waals surface area contributed by atoms with Crippen LogP contribution >= 0.6 is 0 Å². The van der Waals surface area contributed by atoms with E-state index in [0.717, 1.165) is 17.7 Å². The Morgan fingerprint density at radius 3 is 2.10 bits per heavy atom. The van der Waals surface area contributed by atoms with E-state index in [-0.39, 0.29) is 22.8 Å². The standard InChI is InChI=1S/C21H31N5O4/c1-7-21(8-2)15(27)13(11-12-25(9-3)10-4)16-22-17-14(26(16)19(21)29)18(28)24(6)20(30)23(17)5/h13H,7-12H2,1-6H3. The molecule has 1 aliphatic rings. The lowest BCUT2D eigenvalue weighted by atomic mass is 9.69. The van der Waals surface area contributed by atoms with Crippen molar-refractivity contribution in [1.29, 1.82) is 0 Å². The number of carbonyl (C=O) groups excluding carboxylic acids is 2.